The second-order valence-corrected chi connectivity index (χ2v) is 4.25. The predicted octanol–water partition coefficient (Wildman–Crippen LogP) is 0.780. The van der Waals surface area contributed by atoms with E-state index in [9.17, 15) is 9.59 Å². The maximum absolute atomic E-state index is 11.1. The van der Waals surface area contributed by atoms with E-state index in [2.05, 4.69) is 10.9 Å². The molecule has 0 aliphatic rings. The number of nitrogens with zero attached hydrogens (tertiary/aromatic N) is 2. The lowest BCUT2D eigenvalue weighted by atomic mass is 10.2. The van der Waals surface area contributed by atoms with Crippen molar-refractivity contribution >= 4 is 35.4 Å². The highest BCUT2D eigenvalue weighted by Crippen LogP contribution is 2.00. The third-order valence-electron chi connectivity index (χ3n) is 1.62. The van der Waals surface area contributed by atoms with Crippen LogP contribution in [0.25, 0.3) is 0 Å². The number of amides is 2. The molecule has 0 fully saturated rings. The lowest BCUT2D eigenvalue weighted by Crippen LogP contribution is -2.33. The quantitative estimate of drug-likeness (QED) is 0.408. The van der Waals surface area contributed by atoms with Gasteiger partial charge in [-0.25, -0.2) is 0 Å². The molecule has 8 heteroatoms. The molecule has 2 N–H and O–H groups in total. The maximum atomic E-state index is 11.1. The SMILES string of the molecule is CN(Cl)NC(=O)CCCCC(=O)NN(C)Cl. The standard InChI is InChI=1S/C8H16Cl2N4O2/c1-13(9)11-7(15)5-3-4-6-8(16)12-14(2)10/h3-6H2,1-2H3,(H,11,15)(H,12,16). The van der Waals surface area contributed by atoms with E-state index in [1.165, 1.54) is 14.1 Å². The van der Waals surface area contributed by atoms with E-state index >= 15 is 0 Å². The number of carbonyl (C=O) groups excluding carboxylic acids is 2. The highest BCUT2D eigenvalue weighted by atomic mass is 35.5. The van der Waals surface area contributed by atoms with Crippen molar-refractivity contribution in [1.82, 2.24) is 19.9 Å². The highest BCUT2D eigenvalue weighted by Gasteiger charge is 2.05. The van der Waals surface area contributed by atoms with Gasteiger partial charge in [-0.05, 0) is 36.4 Å². The van der Waals surface area contributed by atoms with Crippen LogP contribution in [0, 0.1) is 0 Å². The summed E-state index contributed by atoms with van der Waals surface area (Å²) in [6.07, 6.45) is 1.91. The summed E-state index contributed by atoms with van der Waals surface area (Å²) in [5, 5.41) is 0. The zero-order chi connectivity index (χ0) is 12.6. The van der Waals surface area contributed by atoms with Crippen LogP contribution in [-0.2, 0) is 9.59 Å². The van der Waals surface area contributed by atoms with E-state index in [0.717, 1.165) is 9.06 Å². The number of hydrogen-bond acceptors (Lipinski definition) is 4. The number of hydrogen-bond donors (Lipinski definition) is 2. The van der Waals surface area contributed by atoms with Gasteiger partial charge in [-0.3, -0.25) is 20.4 Å². The van der Waals surface area contributed by atoms with Crippen molar-refractivity contribution in [2.45, 2.75) is 25.7 Å². The van der Waals surface area contributed by atoms with Crippen LogP contribution in [0.15, 0.2) is 0 Å². The van der Waals surface area contributed by atoms with E-state index in [1.54, 1.807) is 0 Å². The molecule has 6 nitrogen and oxygen atoms in total. The highest BCUT2D eigenvalue weighted by molar-refractivity contribution is 6.13. The lowest BCUT2D eigenvalue weighted by molar-refractivity contribution is -0.125. The van der Waals surface area contributed by atoms with Gasteiger partial charge < -0.3 is 0 Å². The summed E-state index contributed by atoms with van der Waals surface area (Å²) in [5.41, 5.74) is 4.79. The first-order chi connectivity index (χ1) is 7.41. The molecule has 0 radical (unpaired) electrons. The normalized spacial score (nSPS) is 10.6. The van der Waals surface area contributed by atoms with Crippen molar-refractivity contribution in [3.8, 4) is 0 Å². The Morgan fingerprint density at radius 3 is 1.50 bits per heavy atom. The number of hydrazine groups is 2. The first-order valence-corrected chi connectivity index (χ1v) is 5.47. The monoisotopic (exact) mass is 270 g/mol. The summed E-state index contributed by atoms with van der Waals surface area (Å²) in [6.45, 7) is 0. The van der Waals surface area contributed by atoms with Gasteiger partial charge in [0.2, 0.25) is 11.8 Å². The summed E-state index contributed by atoms with van der Waals surface area (Å²) in [6, 6.07) is 0. The molecule has 0 saturated carbocycles. The molecule has 0 rings (SSSR count). The minimum atomic E-state index is -0.174. The molecule has 2 amide bonds. The molecular formula is C8H16Cl2N4O2. The van der Waals surface area contributed by atoms with Gasteiger partial charge in [0.25, 0.3) is 0 Å². The molecule has 94 valence electrons. The Labute approximate surface area is 105 Å². The second-order valence-electron chi connectivity index (χ2n) is 3.23. The minimum absolute atomic E-state index is 0.174. The molecule has 0 aromatic heterocycles. The molecule has 16 heavy (non-hydrogen) atoms. The second kappa shape index (κ2) is 8.58. The molecule has 0 saturated heterocycles. The third kappa shape index (κ3) is 9.97. The summed E-state index contributed by atoms with van der Waals surface area (Å²) in [4.78, 5) is 22.2. The number of halogens is 2. The largest absolute Gasteiger partial charge is 0.275 e. The van der Waals surface area contributed by atoms with Gasteiger partial charge in [-0.1, -0.05) is 0 Å². The van der Waals surface area contributed by atoms with Crippen molar-refractivity contribution in [2.24, 2.45) is 0 Å². The van der Waals surface area contributed by atoms with Crippen molar-refractivity contribution in [1.29, 1.82) is 0 Å². The van der Waals surface area contributed by atoms with Gasteiger partial charge in [0.1, 0.15) is 0 Å². The van der Waals surface area contributed by atoms with Gasteiger partial charge in [-0.2, -0.15) is 0 Å². The Bertz CT molecular complexity index is 212. The summed E-state index contributed by atoms with van der Waals surface area (Å²) < 4.78 is 2.13. The molecule has 0 heterocycles. The van der Waals surface area contributed by atoms with E-state index in [0.29, 0.717) is 25.7 Å². The first kappa shape index (κ1) is 15.4. The average Bonchev–Trinajstić information content (AvgIpc) is 2.10. The van der Waals surface area contributed by atoms with Crippen LogP contribution in [-0.4, -0.2) is 35.0 Å². The van der Waals surface area contributed by atoms with E-state index in [4.69, 9.17) is 23.6 Å². The maximum Gasteiger partial charge on any atom is 0.235 e. The Morgan fingerprint density at radius 2 is 1.25 bits per heavy atom. The first-order valence-electron chi connectivity index (χ1n) is 4.80. The van der Waals surface area contributed by atoms with Crippen LogP contribution in [0.2, 0.25) is 0 Å². The van der Waals surface area contributed by atoms with E-state index in [-0.39, 0.29) is 11.8 Å². The Morgan fingerprint density at radius 1 is 0.938 bits per heavy atom. The molecule has 0 aromatic carbocycles. The van der Waals surface area contributed by atoms with Crippen LogP contribution < -0.4 is 10.9 Å². The van der Waals surface area contributed by atoms with Crippen LogP contribution >= 0.6 is 23.6 Å². The fourth-order valence-electron chi connectivity index (χ4n) is 1.03. The Kier molecular flexibility index (Phi) is 8.28. The van der Waals surface area contributed by atoms with E-state index < -0.39 is 0 Å². The van der Waals surface area contributed by atoms with Crippen molar-refractivity contribution in [2.75, 3.05) is 14.1 Å². The van der Waals surface area contributed by atoms with Gasteiger partial charge >= 0.3 is 0 Å². The number of unbranched alkanes of at least 4 members (excludes halogenated alkanes) is 1. The zero-order valence-corrected chi connectivity index (χ0v) is 10.8. The number of carbonyl (C=O) groups is 2. The lowest BCUT2D eigenvalue weighted by Gasteiger charge is -2.09. The summed E-state index contributed by atoms with van der Waals surface area (Å²) >= 11 is 10.8. The summed E-state index contributed by atoms with van der Waals surface area (Å²) in [5.74, 6) is -0.347. The van der Waals surface area contributed by atoms with Crippen LogP contribution in [0.3, 0.4) is 0 Å². The van der Waals surface area contributed by atoms with Gasteiger partial charge in [0.05, 0.1) is 0 Å². The number of rotatable bonds is 7. The van der Waals surface area contributed by atoms with Crippen LogP contribution in [0.4, 0.5) is 0 Å². The van der Waals surface area contributed by atoms with Crippen molar-refractivity contribution < 1.29 is 9.59 Å². The van der Waals surface area contributed by atoms with E-state index in [1.807, 2.05) is 0 Å². The molecule has 0 atom stereocenters. The van der Waals surface area contributed by atoms with Crippen LogP contribution in [0.5, 0.6) is 0 Å². The topological polar surface area (TPSA) is 64.7 Å². The fraction of sp³-hybridized carbons (Fsp3) is 0.750. The zero-order valence-electron chi connectivity index (χ0n) is 9.30. The van der Waals surface area contributed by atoms with Crippen LogP contribution in [0.1, 0.15) is 25.7 Å². The van der Waals surface area contributed by atoms with Gasteiger partial charge in [0.15, 0.2) is 0 Å². The molecule has 0 spiro atoms. The molecule has 0 aliphatic heterocycles. The molecule has 0 bridgehead atoms. The number of nitrogens with one attached hydrogen (secondary N) is 2. The molecule has 0 aliphatic carbocycles. The third-order valence-corrected chi connectivity index (χ3v) is 1.78. The average molecular weight is 271 g/mol. The predicted molar refractivity (Wildman–Crippen MR) is 62.0 cm³/mol. The molecule has 0 unspecified atom stereocenters. The Balaban J connectivity index is 3.46. The minimum Gasteiger partial charge on any atom is -0.275 e. The fourth-order valence-corrected chi connectivity index (χ4v) is 1.22. The summed E-state index contributed by atoms with van der Waals surface area (Å²) in [7, 11) is 3.03. The van der Waals surface area contributed by atoms with Gasteiger partial charge in [0, 0.05) is 26.9 Å². The molecule has 0 aromatic rings. The molecular weight excluding hydrogens is 255 g/mol. The Hall–Kier alpha value is -0.560. The van der Waals surface area contributed by atoms with Crippen molar-refractivity contribution in [3.05, 3.63) is 0 Å². The van der Waals surface area contributed by atoms with Gasteiger partial charge in [-0.15, -0.1) is 9.06 Å². The smallest absolute Gasteiger partial charge is 0.235 e. The van der Waals surface area contributed by atoms with Crippen molar-refractivity contribution in [3.63, 3.8) is 0 Å².